The van der Waals surface area contributed by atoms with Crippen LogP contribution in [0.15, 0.2) is 29.2 Å². The van der Waals surface area contributed by atoms with Gasteiger partial charge in [-0.3, -0.25) is 4.79 Å². The first-order valence-electron chi connectivity index (χ1n) is 6.51. The molecule has 1 N–H and O–H groups in total. The lowest BCUT2D eigenvalue weighted by Crippen LogP contribution is -2.53. The second kappa shape index (κ2) is 8.13. The molecule has 2 atom stereocenters. The second-order valence-electron chi connectivity index (χ2n) is 4.83. The fraction of sp³-hybridized carbons (Fsp3) is 0.500. The number of hydrogen-bond donors (Lipinski definition) is 1. The minimum Gasteiger partial charge on any atom is -0.339 e. The maximum atomic E-state index is 12.4. The summed E-state index contributed by atoms with van der Waals surface area (Å²) in [7, 11) is 0. The Bertz CT molecular complexity index is 459. The molecular formula is C14H20Cl2N2OS. The monoisotopic (exact) mass is 334 g/mol. The van der Waals surface area contributed by atoms with E-state index in [-0.39, 0.29) is 23.6 Å². The van der Waals surface area contributed by atoms with Crippen LogP contribution in [-0.2, 0) is 4.79 Å². The molecule has 112 valence electrons. The number of piperazine rings is 1. The second-order valence-corrected chi connectivity index (χ2v) is 6.62. The van der Waals surface area contributed by atoms with Crippen LogP contribution in [0.2, 0.25) is 5.02 Å². The van der Waals surface area contributed by atoms with E-state index in [0.29, 0.717) is 11.1 Å². The fourth-order valence-electron chi connectivity index (χ4n) is 2.17. The van der Waals surface area contributed by atoms with Crippen molar-refractivity contribution in [3.05, 3.63) is 29.3 Å². The molecule has 0 radical (unpaired) electrons. The Labute approximate surface area is 135 Å². The summed E-state index contributed by atoms with van der Waals surface area (Å²) in [5, 5.41) is 3.95. The topological polar surface area (TPSA) is 32.3 Å². The van der Waals surface area contributed by atoms with Gasteiger partial charge >= 0.3 is 0 Å². The molecule has 6 heteroatoms. The summed E-state index contributed by atoms with van der Waals surface area (Å²) in [6.07, 6.45) is 0. The zero-order chi connectivity index (χ0) is 13.8. The Morgan fingerprint density at radius 2 is 2.20 bits per heavy atom. The predicted octanol–water partition coefficient (Wildman–Crippen LogP) is 3.06. The third kappa shape index (κ3) is 4.55. The first-order valence-corrected chi connectivity index (χ1v) is 7.77. The first-order chi connectivity index (χ1) is 9.08. The summed E-state index contributed by atoms with van der Waals surface area (Å²) >= 11 is 7.66. The van der Waals surface area contributed by atoms with Crippen molar-refractivity contribution in [3.8, 4) is 0 Å². The number of carbonyl (C=O) groups is 1. The summed E-state index contributed by atoms with van der Waals surface area (Å²) in [6.45, 7) is 6.49. The van der Waals surface area contributed by atoms with E-state index < -0.39 is 0 Å². The van der Waals surface area contributed by atoms with E-state index in [0.717, 1.165) is 24.5 Å². The third-order valence-corrected chi connectivity index (χ3v) is 4.78. The number of amides is 1. The van der Waals surface area contributed by atoms with Gasteiger partial charge in [-0.2, -0.15) is 0 Å². The van der Waals surface area contributed by atoms with Crippen LogP contribution in [0.3, 0.4) is 0 Å². The highest BCUT2D eigenvalue weighted by molar-refractivity contribution is 8.00. The third-order valence-electron chi connectivity index (χ3n) is 3.17. The Morgan fingerprint density at radius 3 is 2.85 bits per heavy atom. The Balaban J connectivity index is 0.00000200. The largest absolute Gasteiger partial charge is 0.339 e. The number of thioether (sulfide) groups is 1. The fourth-order valence-corrected chi connectivity index (χ4v) is 3.41. The number of halogens is 2. The zero-order valence-corrected chi connectivity index (χ0v) is 14.0. The molecule has 1 saturated heterocycles. The van der Waals surface area contributed by atoms with Gasteiger partial charge in [-0.1, -0.05) is 23.7 Å². The van der Waals surface area contributed by atoms with Crippen molar-refractivity contribution in [2.45, 2.75) is 30.0 Å². The van der Waals surface area contributed by atoms with Crippen LogP contribution in [0.5, 0.6) is 0 Å². The van der Waals surface area contributed by atoms with E-state index in [1.807, 2.05) is 36.1 Å². The van der Waals surface area contributed by atoms with E-state index in [9.17, 15) is 4.79 Å². The maximum absolute atomic E-state index is 12.4. The first kappa shape index (κ1) is 17.6. The summed E-state index contributed by atoms with van der Waals surface area (Å²) in [5.74, 6) is 0.193. The van der Waals surface area contributed by atoms with Gasteiger partial charge < -0.3 is 10.2 Å². The molecular weight excluding hydrogens is 315 g/mol. The highest BCUT2D eigenvalue weighted by Gasteiger charge is 2.25. The van der Waals surface area contributed by atoms with Gasteiger partial charge in [-0.15, -0.1) is 24.2 Å². The number of nitrogens with zero attached hydrogens (tertiary/aromatic N) is 1. The number of nitrogens with one attached hydrogen (secondary N) is 1. The van der Waals surface area contributed by atoms with Gasteiger partial charge in [0.2, 0.25) is 5.91 Å². The predicted molar refractivity (Wildman–Crippen MR) is 88.1 cm³/mol. The molecule has 0 aromatic heterocycles. The van der Waals surface area contributed by atoms with Gasteiger partial charge in [-0.05, 0) is 26.0 Å². The molecule has 1 aromatic carbocycles. The van der Waals surface area contributed by atoms with Crippen LogP contribution in [0, 0.1) is 0 Å². The molecule has 1 aliphatic heterocycles. The highest BCUT2D eigenvalue weighted by Crippen LogP contribution is 2.30. The summed E-state index contributed by atoms with van der Waals surface area (Å²) < 4.78 is 0. The van der Waals surface area contributed by atoms with Crippen molar-refractivity contribution in [1.29, 1.82) is 0 Å². The van der Waals surface area contributed by atoms with Crippen LogP contribution >= 0.6 is 35.8 Å². The van der Waals surface area contributed by atoms with Crippen molar-refractivity contribution in [2.24, 2.45) is 0 Å². The molecule has 2 unspecified atom stereocenters. The van der Waals surface area contributed by atoms with E-state index in [1.54, 1.807) is 0 Å². The number of carbonyl (C=O) groups excluding carboxylic acids is 1. The normalized spacial score (nSPS) is 20.1. The van der Waals surface area contributed by atoms with Gasteiger partial charge in [0.1, 0.15) is 0 Å². The molecule has 0 aliphatic carbocycles. The Kier molecular flexibility index (Phi) is 7.17. The van der Waals surface area contributed by atoms with Crippen molar-refractivity contribution in [2.75, 3.05) is 19.6 Å². The van der Waals surface area contributed by atoms with Crippen molar-refractivity contribution in [1.82, 2.24) is 10.2 Å². The average molecular weight is 335 g/mol. The average Bonchev–Trinajstić information content (AvgIpc) is 2.40. The summed E-state index contributed by atoms with van der Waals surface area (Å²) in [5.41, 5.74) is 0. The lowest BCUT2D eigenvalue weighted by atomic mass is 10.2. The van der Waals surface area contributed by atoms with Crippen LogP contribution in [-0.4, -0.2) is 41.7 Å². The van der Waals surface area contributed by atoms with Crippen LogP contribution < -0.4 is 5.32 Å². The highest BCUT2D eigenvalue weighted by atomic mass is 35.5. The van der Waals surface area contributed by atoms with Gasteiger partial charge in [-0.25, -0.2) is 0 Å². The molecule has 1 amide bonds. The molecule has 20 heavy (non-hydrogen) atoms. The molecule has 1 heterocycles. The molecule has 3 nitrogen and oxygen atoms in total. The minimum atomic E-state index is -0.106. The Morgan fingerprint density at radius 1 is 1.50 bits per heavy atom. The van der Waals surface area contributed by atoms with E-state index in [2.05, 4.69) is 12.2 Å². The quantitative estimate of drug-likeness (QED) is 0.862. The summed E-state index contributed by atoms with van der Waals surface area (Å²) in [4.78, 5) is 15.3. The molecule has 0 spiro atoms. The number of benzene rings is 1. The molecule has 0 saturated carbocycles. The van der Waals surface area contributed by atoms with Gasteiger partial charge in [0.25, 0.3) is 0 Å². The standard InChI is InChI=1S/C14H19ClN2OS.ClH/c1-10-9-17(8-7-16-10)14(18)11(2)19-13-6-4-3-5-12(13)15;/h3-6,10-11,16H,7-9H2,1-2H3;1H. The maximum Gasteiger partial charge on any atom is 0.235 e. The van der Waals surface area contributed by atoms with Crippen LogP contribution in [0.25, 0.3) is 0 Å². The molecule has 1 aliphatic rings. The van der Waals surface area contributed by atoms with Gasteiger partial charge in [0, 0.05) is 30.6 Å². The smallest absolute Gasteiger partial charge is 0.235 e. The van der Waals surface area contributed by atoms with Crippen molar-refractivity contribution >= 4 is 41.7 Å². The molecule has 2 rings (SSSR count). The van der Waals surface area contributed by atoms with E-state index in [4.69, 9.17) is 11.6 Å². The molecule has 1 aromatic rings. The lowest BCUT2D eigenvalue weighted by Gasteiger charge is -2.33. The van der Waals surface area contributed by atoms with Crippen molar-refractivity contribution in [3.63, 3.8) is 0 Å². The van der Waals surface area contributed by atoms with E-state index >= 15 is 0 Å². The van der Waals surface area contributed by atoms with Crippen LogP contribution in [0.4, 0.5) is 0 Å². The van der Waals surface area contributed by atoms with Crippen molar-refractivity contribution < 1.29 is 4.79 Å². The van der Waals surface area contributed by atoms with Gasteiger partial charge in [0.15, 0.2) is 0 Å². The number of hydrogen-bond acceptors (Lipinski definition) is 3. The van der Waals surface area contributed by atoms with Crippen LogP contribution in [0.1, 0.15) is 13.8 Å². The zero-order valence-electron chi connectivity index (χ0n) is 11.6. The number of rotatable bonds is 3. The minimum absolute atomic E-state index is 0. The van der Waals surface area contributed by atoms with E-state index in [1.165, 1.54) is 11.8 Å². The molecule has 0 bridgehead atoms. The SMILES string of the molecule is CC1CN(C(=O)C(C)Sc2ccccc2Cl)CCN1.Cl. The molecule has 1 fully saturated rings. The lowest BCUT2D eigenvalue weighted by molar-refractivity contribution is -0.131. The Hall–Kier alpha value is -0.420. The van der Waals surface area contributed by atoms with Gasteiger partial charge in [0.05, 0.1) is 10.3 Å². The summed E-state index contributed by atoms with van der Waals surface area (Å²) in [6, 6.07) is 8.02.